The summed E-state index contributed by atoms with van der Waals surface area (Å²) in [6.45, 7) is 3.75. The largest absolute Gasteiger partial charge is 0.496 e. The highest BCUT2D eigenvalue weighted by Crippen LogP contribution is 2.29. The molecule has 120 valence electrons. The number of anilines is 1. The van der Waals surface area contributed by atoms with Gasteiger partial charge in [-0.05, 0) is 37.1 Å². The highest BCUT2D eigenvalue weighted by molar-refractivity contribution is 5.96. The van der Waals surface area contributed by atoms with Crippen LogP contribution in [0.5, 0.6) is 5.75 Å². The van der Waals surface area contributed by atoms with E-state index in [1.54, 1.807) is 19.2 Å². The molecule has 0 bridgehead atoms. The second kappa shape index (κ2) is 6.73. The molecule has 1 aliphatic rings. The molecule has 1 heterocycles. The lowest BCUT2D eigenvalue weighted by Gasteiger charge is -2.27. The van der Waals surface area contributed by atoms with Gasteiger partial charge in [0.05, 0.1) is 12.7 Å². The van der Waals surface area contributed by atoms with Gasteiger partial charge in [0.15, 0.2) is 0 Å². The lowest BCUT2D eigenvalue weighted by molar-refractivity contribution is 0.0948. The minimum atomic E-state index is -0.0956. The summed E-state index contributed by atoms with van der Waals surface area (Å²) in [6, 6.07) is 16.0. The van der Waals surface area contributed by atoms with Crippen molar-refractivity contribution in [3.05, 3.63) is 59.7 Å². The molecule has 0 radical (unpaired) electrons. The number of ether oxygens (including phenoxy) is 1. The van der Waals surface area contributed by atoms with Gasteiger partial charge in [0.1, 0.15) is 5.75 Å². The number of benzene rings is 2. The molecule has 0 aliphatic carbocycles. The van der Waals surface area contributed by atoms with Crippen LogP contribution >= 0.6 is 0 Å². The van der Waals surface area contributed by atoms with Gasteiger partial charge in [0, 0.05) is 24.8 Å². The molecule has 0 fully saturated rings. The Balaban J connectivity index is 1.63. The van der Waals surface area contributed by atoms with Gasteiger partial charge >= 0.3 is 0 Å². The number of nitrogens with one attached hydrogen (secondary N) is 1. The van der Waals surface area contributed by atoms with Gasteiger partial charge in [0.2, 0.25) is 0 Å². The molecule has 3 rings (SSSR count). The van der Waals surface area contributed by atoms with Crippen LogP contribution in [0.1, 0.15) is 22.8 Å². The Morgan fingerprint density at radius 1 is 1.22 bits per heavy atom. The van der Waals surface area contributed by atoms with Crippen molar-refractivity contribution >= 4 is 11.6 Å². The van der Waals surface area contributed by atoms with Gasteiger partial charge < -0.3 is 15.0 Å². The molecule has 0 saturated heterocycles. The number of rotatable bonds is 5. The second-order valence-electron chi connectivity index (χ2n) is 5.83. The van der Waals surface area contributed by atoms with Crippen LogP contribution in [0, 0.1) is 0 Å². The molecule has 1 atom stereocenters. The summed E-state index contributed by atoms with van der Waals surface area (Å²) in [5, 5.41) is 3.02. The number of fused-ring (bicyclic) bond motifs is 1. The Labute approximate surface area is 137 Å². The number of nitrogens with zero attached hydrogens (tertiary/aromatic N) is 1. The van der Waals surface area contributed by atoms with E-state index in [0.29, 0.717) is 17.9 Å². The smallest absolute Gasteiger partial charge is 0.255 e. The lowest BCUT2D eigenvalue weighted by atomic mass is 10.1. The van der Waals surface area contributed by atoms with Crippen LogP contribution in [0.2, 0.25) is 0 Å². The van der Waals surface area contributed by atoms with Crippen molar-refractivity contribution < 1.29 is 9.53 Å². The molecule has 0 aromatic heterocycles. The summed E-state index contributed by atoms with van der Waals surface area (Å²) >= 11 is 0. The highest BCUT2D eigenvalue weighted by atomic mass is 16.5. The van der Waals surface area contributed by atoms with Crippen molar-refractivity contribution in [2.24, 2.45) is 0 Å². The van der Waals surface area contributed by atoms with Crippen LogP contribution in [-0.4, -0.2) is 32.1 Å². The normalized spacial score (nSPS) is 14.3. The zero-order valence-electron chi connectivity index (χ0n) is 13.6. The van der Waals surface area contributed by atoms with Crippen molar-refractivity contribution in [2.45, 2.75) is 19.4 Å². The first-order chi connectivity index (χ1) is 11.2. The van der Waals surface area contributed by atoms with Crippen molar-refractivity contribution in [3.8, 4) is 5.75 Å². The number of carbonyl (C=O) groups excluding carboxylic acids is 1. The van der Waals surface area contributed by atoms with E-state index in [9.17, 15) is 4.79 Å². The van der Waals surface area contributed by atoms with E-state index in [0.717, 1.165) is 13.0 Å². The highest BCUT2D eigenvalue weighted by Gasteiger charge is 2.23. The molecule has 4 nitrogen and oxygen atoms in total. The Bertz CT molecular complexity index is 699. The van der Waals surface area contributed by atoms with Gasteiger partial charge in [-0.3, -0.25) is 4.79 Å². The fourth-order valence-electron chi connectivity index (χ4n) is 3.10. The fourth-order valence-corrected chi connectivity index (χ4v) is 3.10. The van der Waals surface area contributed by atoms with Gasteiger partial charge in [0.25, 0.3) is 5.91 Å². The quantitative estimate of drug-likeness (QED) is 0.923. The van der Waals surface area contributed by atoms with Gasteiger partial charge in [-0.15, -0.1) is 0 Å². The molecular formula is C19H22N2O2. The van der Waals surface area contributed by atoms with Crippen LogP contribution < -0.4 is 15.0 Å². The van der Waals surface area contributed by atoms with E-state index in [2.05, 4.69) is 41.4 Å². The molecule has 23 heavy (non-hydrogen) atoms. The molecule has 0 unspecified atom stereocenters. The van der Waals surface area contributed by atoms with E-state index in [1.807, 2.05) is 12.1 Å². The summed E-state index contributed by atoms with van der Waals surface area (Å²) in [7, 11) is 1.58. The number of amides is 1. The van der Waals surface area contributed by atoms with Crippen LogP contribution in [0.15, 0.2) is 48.5 Å². The first-order valence-electron chi connectivity index (χ1n) is 7.96. The van der Waals surface area contributed by atoms with Crippen LogP contribution in [0.3, 0.4) is 0 Å². The minimum absolute atomic E-state index is 0.0956. The number of hydrogen-bond donors (Lipinski definition) is 1. The monoisotopic (exact) mass is 310 g/mol. The maximum atomic E-state index is 12.4. The topological polar surface area (TPSA) is 41.6 Å². The molecule has 1 N–H and O–H groups in total. The molecule has 1 aliphatic heterocycles. The summed E-state index contributed by atoms with van der Waals surface area (Å²) < 4.78 is 5.25. The van der Waals surface area contributed by atoms with Gasteiger partial charge in [-0.1, -0.05) is 30.3 Å². The van der Waals surface area contributed by atoms with Crippen molar-refractivity contribution in [1.29, 1.82) is 0 Å². The van der Waals surface area contributed by atoms with Crippen molar-refractivity contribution in [2.75, 3.05) is 25.1 Å². The molecule has 2 aromatic rings. The average molecular weight is 310 g/mol. The van der Waals surface area contributed by atoms with Gasteiger partial charge in [-0.25, -0.2) is 0 Å². The zero-order chi connectivity index (χ0) is 16.2. The van der Waals surface area contributed by atoms with Crippen LogP contribution in [-0.2, 0) is 6.42 Å². The summed E-state index contributed by atoms with van der Waals surface area (Å²) in [6.07, 6.45) is 1.07. The Kier molecular flexibility index (Phi) is 4.51. The molecule has 0 spiro atoms. The summed E-state index contributed by atoms with van der Waals surface area (Å²) in [5.74, 6) is 0.506. The predicted molar refractivity (Wildman–Crippen MR) is 92.3 cm³/mol. The lowest BCUT2D eigenvalue weighted by Crippen LogP contribution is -2.41. The third kappa shape index (κ3) is 3.16. The van der Waals surface area contributed by atoms with Crippen molar-refractivity contribution in [3.63, 3.8) is 0 Å². The molecule has 2 aromatic carbocycles. The first kappa shape index (κ1) is 15.4. The number of para-hydroxylation sites is 2. The predicted octanol–water partition coefficient (Wildman–Crippen LogP) is 2.88. The van der Waals surface area contributed by atoms with E-state index in [1.165, 1.54) is 11.3 Å². The number of carbonyl (C=O) groups is 1. The van der Waals surface area contributed by atoms with E-state index in [4.69, 9.17) is 4.74 Å². The fraction of sp³-hybridized carbons (Fsp3) is 0.316. The molecule has 4 heteroatoms. The number of hydrogen-bond acceptors (Lipinski definition) is 3. The Hall–Kier alpha value is -2.49. The zero-order valence-corrected chi connectivity index (χ0v) is 13.6. The van der Waals surface area contributed by atoms with E-state index < -0.39 is 0 Å². The molecular weight excluding hydrogens is 288 g/mol. The maximum Gasteiger partial charge on any atom is 0.255 e. The average Bonchev–Trinajstić information content (AvgIpc) is 3.03. The maximum absolute atomic E-state index is 12.4. The number of methoxy groups -OCH3 is 1. The third-order valence-electron chi connectivity index (χ3n) is 4.36. The third-order valence-corrected chi connectivity index (χ3v) is 4.36. The van der Waals surface area contributed by atoms with Crippen LogP contribution in [0.25, 0.3) is 0 Å². The summed E-state index contributed by atoms with van der Waals surface area (Å²) in [4.78, 5) is 14.7. The minimum Gasteiger partial charge on any atom is -0.496 e. The SMILES string of the molecule is COc1ccccc1C(=O)NC[C@@H](C)N1CCc2ccccc21. The Morgan fingerprint density at radius 3 is 2.78 bits per heavy atom. The second-order valence-corrected chi connectivity index (χ2v) is 5.83. The van der Waals surface area contributed by atoms with Crippen LogP contribution in [0.4, 0.5) is 5.69 Å². The van der Waals surface area contributed by atoms with Gasteiger partial charge in [-0.2, -0.15) is 0 Å². The van der Waals surface area contributed by atoms with Crippen molar-refractivity contribution in [1.82, 2.24) is 5.32 Å². The standard InChI is InChI=1S/C19H22N2O2/c1-14(21-12-11-15-7-3-5-9-17(15)21)13-20-19(22)16-8-4-6-10-18(16)23-2/h3-10,14H,11-13H2,1-2H3,(H,20,22)/t14-/m1/s1. The van der Waals surface area contributed by atoms with E-state index >= 15 is 0 Å². The van der Waals surface area contributed by atoms with E-state index in [-0.39, 0.29) is 11.9 Å². The molecule has 1 amide bonds. The summed E-state index contributed by atoms with van der Waals surface area (Å²) in [5.41, 5.74) is 3.24. The first-order valence-corrected chi connectivity index (χ1v) is 7.96. The molecule has 0 saturated carbocycles. The Morgan fingerprint density at radius 2 is 1.96 bits per heavy atom.